The summed E-state index contributed by atoms with van der Waals surface area (Å²) < 4.78 is 5.19. The Hall–Kier alpha value is -0.770. The van der Waals surface area contributed by atoms with E-state index >= 15 is 0 Å². The van der Waals surface area contributed by atoms with Gasteiger partial charge in [0.2, 0.25) is 0 Å². The highest BCUT2D eigenvalue weighted by Crippen LogP contribution is 2.39. The summed E-state index contributed by atoms with van der Waals surface area (Å²) in [4.78, 5) is 11.4. The van der Waals surface area contributed by atoms with E-state index in [-0.39, 0.29) is 17.0 Å². The minimum absolute atomic E-state index is 0.0647. The highest BCUT2D eigenvalue weighted by molar-refractivity contribution is 5.68. The Kier molecular flexibility index (Phi) is 3.60. The molecule has 0 unspecified atom stereocenters. The second-order valence-corrected chi connectivity index (χ2v) is 5.51. The number of hydrogen-bond acceptors (Lipinski definition) is 3. The molecule has 1 amide bonds. The number of nitrogens with one attached hydrogen (secondary N) is 1. The summed E-state index contributed by atoms with van der Waals surface area (Å²) in [6, 6.07) is 0. The number of rotatable bonds is 3. The third-order valence-electron chi connectivity index (χ3n) is 2.83. The molecule has 1 fully saturated rings. The minimum Gasteiger partial charge on any atom is -0.449 e. The molecule has 0 atom stereocenters. The van der Waals surface area contributed by atoms with Crippen LogP contribution in [0.2, 0.25) is 0 Å². The summed E-state index contributed by atoms with van der Waals surface area (Å²) in [6.07, 6.45) is 3.00. The maximum atomic E-state index is 11.4. The van der Waals surface area contributed by atoms with E-state index in [1.165, 1.54) is 6.42 Å². The van der Waals surface area contributed by atoms with Crippen LogP contribution in [-0.2, 0) is 4.74 Å². The molecule has 4 heteroatoms. The van der Waals surface area contributed by atoms with Gasteiger partial charge in [0.1, 0.15) is 6.61 Å². The van der Waals surface area contributed by atoms with E-state index in [1.54, 1.807) is 0 Å². The number of alkyl carbamates (subject to hydrolysis) is 1. The number of ether oxygens (including phenoxy) is 1. The molecule has 15 heavy (non-hydrogen) atoms. The Balaban J connectivity index is 2.27. The largest absolute Gasteiger partial charge is 0.449 e. The van der Waals surface area contributed by atoms with Crippen LogP contribution in [0.3, 0.4) is 0 Å². The predicted octanol–water partition coefficient (Wildman–Crippen LogP) is 1.64. The summed E-state index contributed by atoms with van der Waals surface area (Å²) >= 11 is 0. The van der Waals surface area contributed by atoms with Gasteiger partial charge in [0.05, 0.1) is 0 Å². The predicted molar refractivity (Wildman–Crippen MR) is 59.6 cm³/mol. The fourth-order valence-corrected chi connectivity index (χ4v) is 1.65. The minimum atomic E-state index is -0.345. The van der Waals surface area contributed by atoms with Crippen molar-refractivity contribution in [1.29, 1.82) is 0 Å². The number of amides is 1. The standard InChI is InChI=1S/C11H22N2O2/c1-10(2,3)13-9(14)15-8-11(7-12)5-4-6-11/h4-8,12H2,1-3H3,(H,13,14). The molecule has 0 aliphatic heterocycles. The maximum Gasteiger partial charge on any atom is 0.407 e. The molecule has 0 aromatic rings. The lowest BCUT2D eigenvalue weighted by atomic mass is 9.69. The zero-order chi connectivity index (χ0) is 11.5. The molecule has 0 heterocycles. The van der Waals surface area contributed by atoms with Crippen molar-refractivity contribution in [1.82, 2.24) is 5.32 Å². The molecule has 0 aromatic carbocycles. The number of hydrogen-bond donors (Lipinski definition) is 2. The van der Waals surface area contributed by atoms with Crippen LogP contribution in [-0.4, -0.2) is 24.8 Å². The lowest BCUT2D eigenvalue weighted by molar-refractivity contribution is 0.0316. The molecule has 0 spiro atoms. The Morgan fingerprint density at radius 2 is 2.07 bits per heavy atom. The van der Waals surface area contributed by atoms with E-state index < -0.39 is 0 Å². The summed E-state index contributed by atoms with van der Waals surface area (Å²) in [5, 5.41) is 2.76. The SMILES string of the molecule is CC(C)(C)NC(=O)OCC1(CN)CCC1. The molecule has 1 aliphatic carbocycles. The molecule has 0 saturated heterocycles. The van der Waals surface area contributed by atoms with Crippen LogP contribution in [0.1, 0.15) is 40.0 Å². The molecule has 0 radical (unpaired) electrons. The first-order chi connectivity index (χ1) is 6.87. The van der Waals surface area contributed by atoms with Gasteiger partial charge >= 0.3 is 6.09 Å². The first-order valence-corrected chi connectivity index (χ1v) is 5.52. The lowest BCUT2D eigenvalue weighted by Gasteiger charge is -2.40. The van der Waals surface area contributed by atoms with E-state index in [9.17, 15) is 4.79 Å². The van der Waals surface area contributed by atoms with Crippen molar-refractivity contribution in [3.05, 3.63) is 0 Å². The van der Waals surface area contributed by atoms with Gasteiger partial charge in [-0.3, -0.25) is 0 Å². The quantitative estimate of drug-likeness (QED) is 0.750. The van der Waals surface area contributed by atoms with Gasteiger partial charge in [0.15, 0.2) is 0 Å². The van der Waals surface area contributed by atoms with Crippen LogP contribution in [0, 0.1) is 5.41 Å². The van der Waals surface area contributed by atoms with Crippen LogP contribution in [0.15, 0.2) is 0 Å². The topological polar surface area (TPSA) is 64.3 Å². The molecule has 88 valence electrons. The smallest absolute Gasteiger partial charge is 0.407 e. The maximum absolute atomic E-state index is 11.4. The second-order valence-electron chi connectivity index (χ2n) is 5.51. The van der Waals surface area contributed by atoms with E-state index in [0.29, 0.717) is 13.2 Å². The molecule has 4 nitrogen and oxygen atoms in total. The first kappa shape index (κ1) is 12.3. The van der Waals surface area contributed by atoms with Gasteiger partial charge in [-0.05, 0) is 33.6 Å². The Morgan fingerprint density at radius 3 is 2.40 bits per heavy atom. The van der Waals surface area contributed by atoms with E-state index in [2.05, 4.69) is 5.32 Å². The van der Waals surface area contributed by atoms with E-state index in [4.69, 9.17) is 10.5 Å². The van der Waals surface area contributed by atoms with Gasteiger partial charge in [-0.25, -0.2) is 4.79 Å². The summed E-state index contributed by atoms with van der Waals surface area (Å²) in [5.41, 5.74) is 5.49. The highest BCUT2D eigenvalue weighted by atomic mass is 16.5. The summed E-state index contributed by atoms with van der Waals surface area (Å²) in [7, 11) is 0. The second kappa shape index (κ2) is 4.39. The van der Waals surface area contributed by atoms with Crippen LogP contribution >= 0.6 is 0 Å². The van der Waals surface area contributed by atoms with Crippen LogP contribution in [0.5, 0.6) is 0 Å². The van der Waals surface area contributed by atoms with Crippen LogP contribution in [0.4, 0.5) is 4.79 Å². The Bertz CT molecular complexity index is 224. The molecule has 3 N–H and O–H groups in total. The third-order valence-corrected chi connectivity index (χ3v) is 2.83. The zero-order valence-corrected chi connectivity index (χ0v) is 9.93. The van der Waals surface area contributed by atoms with E-state index in [1.807, 2.05) is 20.8 Å². The van der Waals surface area contributed by atoms with Gasteiger partial charge < -0.3 is 15.8 Å². The van der Waals surface area contributed by atoms with Crippen LogP contribution < -0.4 is 11.1 Å². The van der Waals surface area contributed by atoms with Crippen molar-refractivity contribution in [2.45, 2.75) is 45.6 Å². The van der Waals surface area contributed by atoms with Crippen molar-refractivity contribution in [3.63, 3.8) is 0 Å². The Labute approximate surface area is 91.5 Å². The van der Waals surface area contributed by atoms with Crippen molar-refractivity contribution in [2.75, 3.05) is 13.2 Å². The van der Waals surface area contributed by atoms with Gasteiger partial charge in [-0.15, -0.1) is 0 Å². The number of carbonyl (C=O) groups is 1. The fourth-order valence-electron chi connectivity index (χ4n) is 1.65. The average molecular weight is 214 g/mol. The number of carbonyl (C=O) groups excluding carboxylic acids is 1. The molecule has 0 bridgehead atoms. The average Bonchev–Trinajstić information content (AvgIpc) is 1.99. The summed E-state index contributed by atoms with van der Waals surface area (Å²) in [5.74, 6) is 0. The fraction of sp³-hybridized carbons (Fsp3) is 0.909. The monoisotopic (exact) mass is 214 g/mol. The molecular formula is C11H22N2O2. The van der Waals surface area contributed by atoms with Gasteiger partial charge in [-0.2, -0.15) is 0 Å². The van der Waals surface area contributed by atoms with Crippen molar-refractivity contribution >= 4 is 6.09 Å². The van der Waals surface area contributed by atoms with Gasteiger partial charge in [0.25, 0.3) is 0 Å². The van der Waals surface area contributed by atoms with Crippen molar-refractivity contribution in [3.8, 4) is 0 Å². The van der Waals surface area contributed by atoms with E-state index in [0.717, 1.165) is 12.8 Å². The first-order valence-electron chi connectivity index (χ1n) is 5.52. The molecule has 0 aromatic heterocycles. The van der Waals surface area contributed by atoms with Gasteiger partial charge in [0, 0.05) is 17.5 Å². The lowest BCUT2D eigenvalue weighted by Crippen LogP contribution is -2.45. The van der Waals surface area contributed by atoms with Crippen LogP contribution in [0.25, 0.3) is 0 Å². The normalized spacial score (nSPS) is 19.2. The Morgan fingerprint density at radius 1 is 1.47 bits per heavy atom. The molecule has 1 aliphatic rings. The van der Waals surface area contributed by atoms with Gasteiger partial charge in [-0.1, -0.05) is 6.42 Å². The van der Waals surface area contributed by atoms with Crippen molar-refractivity contribution < 1.29 is 9.53 Å². The zero-order valence-electron chi connectivity index (χ0n) is 9.93. The summed E-state index contributed by atoms with van der Waals surface area (Å²) in [6.45, 7) is 6.84. The number of nitrogens with two attached hydrogens (primary N) is 1. The van der Waals surface area contributed by atoms with Crippen molar-refractivity contribution in [2.24, 2.45) is 11.1 Å². The molecule has 1 saturated carbocycles. The third kappa shape index (κ3) is 3.70. The molecule has 1 rings (SSSR count). The highest BCUT2D eigenvalue weighted by Gasteiger charge is 2.37. The molecular weight excluding hydrogens is 192 g/mol.